The number of ether oxygens (including phenoxy) is 1. The molecule has 0 atom stereocenters. The van der Waals surface area contributed by atoms with Crippen LogP contribution >= 0.6 is 0 Å². The van der Waals surface area contributed by atoms with Crippen molar-refractivity contribution < 1.29 is 9.84 Å². The summed E-state index contributed by atoms with van der Waals surface area (Å²) in [5.41, 5.74) is 7.26. The number of methoxy groups -OCH3 is 1. The third-order valence-electron chi connectivity index (χ3n) is 1.85. The summed E-state index contributed by atoms with van der Waals surface area (Å²) in [5, 5.41) is 8.61. The monoisotopic (exact) mass is 193 g/mol. The lowest BCUT2D eigenvalue weighted by Crippen LogP contribution is -1.90. The van der Waals surface area contributed by atoms with Crippen LogP contribution in [0.25, 0.3) is 6.08 Å². The molecule has 0 fully saturated rings. The minimum Gasteiger partial charge on any atom is -0.496 e. The highest BCUT2D eigenvalue weighted by Gasteiger charge is 1.98. The molecule has 0 heterocycles. The van der Waals surface area contributed by atoms with Crippen LogP contribution in [0.1, 0.15) is 12.0 Å². The fourth-order valence-corrected chi connectivity index (χ4v) is 1.15. The van der Waals surface area contributed by atoms with Gasteiger partial charge in [0.05, 0.1) is 7.11 Å². The molecule has 3 heteroatoms. The SMILES string of the molecule is COc1cc(N)ccc1C=CCCO. The van der Waals surface area contributed by atoms with Crippen LogP contribution < -0.4 is 10.5 Å². The van der Waals surface area contributed by atoms with E-state index in [0.717, 1.165) is 11.3 Å². The molecular formula is C11H15NO2. The zero-order valence-electron chi connectivity index (χ0n) is 8.23. The van der Waals surface area contributed by atoms with Crippen LogP contribution in [0.3, 0.4) is 0 Å². The van der Waals surface area contributed by atoms with E-state index in [1.54, 1.807) is 13.2 Å². The minimum absolute atomic E-state index is 0.161. The average molecular weight is 193 g/mol. The van der Waals surface area contributed by atoms with Gasteiger partial charge in [0, 0.05) is 23.9 Å². The molecule has 0 aliphatic rings. The first-order chi connectivity index (χ1) is 6.77. The van der Waals surface area contributed by atoms with E-state index in [9.17, 15) is 0 Å². The van der Waals surface area contributed by atoms with Crippen LogP contribution in [0.4, 0.5) is 5.69 Å². The van der Waals surface area contributed by atoms with Crippen molar-refractivity contribution in [1.82, 2.24) is 0 Å². The van der Waals surface area contributed by atoms with Crippen molar-refractivity contribution >= 4 is 11.8 Å². The highest BCUT2D eigenvalue weighted by atomic mass is 16.5. The molecule has 0 unspecified atom stereocenters. The lowest BCUT2D eigenvalue weighted by atomic mass is 10.1. The summed E-state index contributed by atoms with van der Waals surface area (Å²) in [6, 6.07) is 5.49. The fraction of sp³-hybridized carbons (Fsp3) is 0.273. The molecule has 0 aromatic heterocycles. The van der Waals surface area contributed by atoms with Crippen LogP contribution in [-0.2, 0) is 0 Å². The molecule has 76 valence electrons. The molecule has 0 saturated heterocycles. The molecule has 14 heavy (non-hydrogen) atoms. The molecule has 0 saturated carbocycles. The molecule has 0 aliphatic heterocycles. The summed E-state index contributed by atoms with van der Waals surface area (Å²) in [6.45, 7) is 0.161. The van der Waals surface area contributed by atoms with Gasteiger partial charge in [0.15, 0.2) is 0 Å². The lowest BCUT2D eigenvalue weighted by molar-refractivity contribution is 0.303. The predicted molar refractivity (Wildman–Crippen MR) is 58.1 cm³/mol. The van der Waals surface area contributed by atoms with Crippen molar-refractivity contribution in [2.75, 3.05) is 19.5 Å². The van der Waals surface area contributed by atoms with E-state index in [4.69, 9.17) is 15.6 Å². The quantitative estimate of drug-likeness (QED) is 0.715. The number of nitrogens with two attached hydrogens (primary N) is 1. The number of rotatable bonds is 4. The van der Waals surface area contributed by atoms with Crippen molar-refractivity contribution in [3.63, 3.8) is 0 Å². The fourth-order valence-electron chi connectivity index (χ4n) is 1.15. The third kappa shape index (κ3) is 2.78. The number of hydrogen-bond donors (Lipinski definition) is 2. The molecule has 0 spiro atoms. The second-order valence-electron chi connectivity index (χ2n) is 2.92. The Morgan fingerprint density at radius 3 is 2.93 bits per heavy atom. The van der Waals surface area contributed by atoms with Gasteiger partial charge in [-0.05, 0) is 18.6 Å². The zero-order valence-corrected chi connectivity index (χ0v) is 8.23. The third-order valence-corrected chi connectivity index (χ3v) is 1.85. The number of aliphatic hydroxyl groups is 1. The van der Waals surface area contributed by atoms with E-state index in [2.05, 4.69) is 0 Å². The first-order valence-corrected chi connectivity index (χ1v) is 4.49. The highest BCUT2D eigenvalue weighted by Crippen LogP contribution is 2.22. The summed E-state index contributed by atoms with van der Waals surface area (Å²) in [5.74, 6) is 0.749. The van der Waals surface area contributed by atoms with Crippen molar-refractivity contribution in [3.8, 4) is 5.75 Å². The largest absolute Gasteiger partial charge is 0.496 e. The van der Waals surface area contributed by atoms with Crippen LogP contribution in [-0.4, -0.2) is 18.8 Å². The topological polar surface area (TPSA) is 55.5 Å². The number of nitrogen functional groups attached to an aromatic ring is 1. The van der Waals surface area contributed by atoms with Gasteiger partial charge in [-0.1, -0.05) is 12.2 Å². The molecule has 1 rings (SSSR count). The van der Waals surface area contributed by atoms with Crippen molar-refractivity contribution in [2.45, 2.75) is 6.42 Å². The smallest absolute Gasteiger partial charge is 0.128 e. The number of aliphatic hydroxyl groups excluding tert-OH is 1. The Labute approximate surface area is 83.8 Å². The Kier molecular flexibility index (Phi) is 4.01. The molecule has 0 bridgehead atoms. The van der Waals surface area contributed by atoms with Gasteiger partial charge in [-0.2, -0.15) is 0 Å². The van der Waals surface area contributed by atoms with E-state index in [-0.39, 0.29) is 6.61 Å². The van der Waals surface area contributed by atoms with E-state index in [1.807, 2.05) is 24.3 Å². The molecule has 3 nitrogen and oxygen atoms in total. The summed E-state index contributed by atoms with van der Waals surface area (Å²) in [7, 11) is 1.61. The van der Waals surface area contributed by atoms with Crippen molar-refractivity contribution in [2.24, 2.45) is 0 Å². The maximum atomic E-state index is 8.61. The number of benzene rings is 1. The van der Waals surface area contributed by atoms with Crippen LogP contribution in [0.2, 0.25) is 0 Å². The van der Waals surface area contributed by atoms with Gasteiger partial charge < -0.3 is 15.6 Å². The molecule has 1 aromatic rings. The van der Waals surface area contributed by atoms with E-state index in [1.165, 1.54) is 0 Å². The van der Waals surface area contributed by atoms with Gasteiger partial charge in [0.1, 0.15) is 5.75 Å². The lowest BCUT2D eigenvalue weighted by Gasteiger charge is -2.05. The molecular weight excluding hydrogens is 178 g/mol. The van der Waals surface area contributed by atoms with Gasteiger partial charge in [0.25, 0.3) is 0 Å². The van der Waals surface area contributed by atoms with Crippen molar-refractivity contribution in [1.29, 1.82) is 0 Å². The Balaban J connectivity index is 2.85. The van der Waals surface area contributed by atoms with E-state index >= 15 is 0 Å². The van der Waals surface area contributed by atoms with E-state index in [0.29, 0.717) is 12.1 Å². The molecule has 0 amide bonds. The van der Waals surface area contributed by atoms with E-state index < -0.39 is 0 Å². The summed E-state index contributed by atoms with van der Waals surface area (Å²) in [6.07, 6.45) is 4.45. The maximum Gasteiger partial charge on any atom is 0.128 e. The summed E-state index contributed by atoms with van der Waals surface area (Å²) in [4.78, 5) is 0. The standard InChI is InChI=1S/C11H15NO2/c1-14-11-8-10(12)6-5-9(11)4-2-3-7-13/h2,4-6,8,13H,3,7,12H2,1H3. The molecule has 3 N–H and O–H groups in total. The molecule has 0 radical (unpaired) electrons. The average Bonchev–Trinajstić information content (AvgIpc) is 2.20. The van der Waals surface area contributed by atoms with Gasteiger partial charge in [-0.25, -0.2) is 0 Å². The second kappa shape index (κ2) is 5.29. The minimum atomic E-state index is 0.161. The zero-order chi connectivity index (χ0) is 10.4. The Hall–Kier alpha value is -1.48. The molecule has 1 aromatic carbocycles. The second-order valence-corrected chi connectivity index (χ2v) is 2.92. The van der Waals surface area contributed by atoms with Crippen LogP contribution in [0.5, 0.6) is 5.75 Å². The van der Waals surface area contributed by atoms with Gasteiger partial charge in [-0.3, -0.25) is 0 Å². The summed E-state index contributed by atoms with van der Waals surface area (Å²) < 4.78 is 5.16. The van der Waals surface area contributed by atoms with Crippen LogP contribution in [0.15, 0.2) is 24.3 Å². The first kappa shape index (κ1) is 10.6. The normalized spacial score (nSPS) is 10.7. The van der Waals surface area contributed by atoms with Gasteiger partial charge >= 0.3 is 0 Å². The predicted octanol–water partition coefficient (Wildman–Crippen LogP) is 1.67. The molecule has 0 aliphatic carbocycles. The highest BCUT2D eigenvalue weighted by molar-refractivity contribution is 5.61. The summed E-state index contributed by atoms with van der Waals surface area (Å²) >= 11 is 0. The number of anilines is 1. The van der Waals surface area contributed by atoms with Gasteiger partial charge in [0.2, 0.25) is 0 Å². The van der Waals surface area contributed by atoms with Crippen LogP contribution in [0, 0.1) is 0 Å². The maximum absolute atomic E-state index is 8.61. The first-order valence-electron chi connectivity index (χ1n) is 4.49. The number of hydrogen-bond acceptors (Lipinski definition) is 3. The van der Waals surface area contributed by atoms with Gasteiger partial charge in [-0.15, -0.1) is 0 Å². The van der Waals surface area contributed by atoms with Crippen molar-refractivity contribution in [3.05, 3.63) is 29.8 Å². The Morgan fingerprint density at radius 1 is 1.50 bits per heavy atom. The Bertz CT molecular complexity index is 321. The Morgan fingerprint density at radius 2 is 2.29 bits per heavy atom.